The van der Waals surface area contributed by atoms with Crippen LogP contribution >= 0.6 is 22.7 Å². The number of nitro groups is 1. The van der Waals surface area contributed by atoms with Gasteiger partial charge in [0.2, 0.25) is 0 Å². The van der Waals surface area contributed by atoms with Gasteiger partial charge < -0.3 is 10.1 Å². The van der Waals surface area contributed by atoms with Gasteiger partial charge in [-0.05, 0) is 24.4 Å². The molecule has 1 amide bonds. The third-order valence-corrected chi connectivity index (χ3v) is 6.90. The van der Waals surface area contributed by atoms with Crippen molar-refractivity contribution in [2.75, 3.05) is 11.9 Å². The zero-order valence-electron chi connectivity index (χ0n) is 18.0. The van der Waals surface area contributed by atoms with E-state index >= 15 is 0 Å². The number of hydrogen-bond donors (Lipinski definition) is 1. The number of amides is 1. The van der Waals surface area contributed by atoms with Crippen molar-refractivity contribution in [3.63, 3.8) is 0 Å². The quantitative estimate of drug-likeness (QED) is 0.198. The van der Waals surface area contributed by atoms with Gasteiger partial charge in [-0.1, -0.05) is 42.5 Å². The van der Waals surface area contributed by atoms with Gasteiger partial charge >= 0.3 is 5.97 Å². The molecule has 0 aliphatic heterocycles. The lowest BCUT2D eigenvalue weighted by molar-refractivity contribution is -0.385. The van der Waals surface area contributed by atoms with E-state index in [9.17, 15) is 19.7 Å². The first kappa shape index (κ1) is 23.3. The van der Waals surface area contributed by atoms with Crippen LogP contribution in [0.3, 0.4) is 0 Å². The monoisotopic (exact) mass is 493 g/mol. The van der Waals surface area contributed by atoms with Crippen molar-refractivity contribution in [1.29, 1.82) is 0 Å². The summed E-state index contributed by atoms with van der Waals surface area (Å²) in [6.07, 6.45) is -0.0269. The first-order valence-electron chi connectivity index (χ1n) is 10.2. The maximum absolute atomic E-state index is 12.5. The van der Waals surface area contributed by atoms with Crippen molar-refractivity contribution in [2.24, 2.45) is 0 Å². The lowest BCUT2D eigenvalue weighted by Gasteiger charge is -2.09. The molecular formula is C24H19N3O5S2. The van der Waals surface area contributed by atoms with Crippen LogP contribution in [0.25, 0.3) is 21.1 Å². The number of thiophene rings is 1. The molecule has 4 rings (SSSR count). The second-order valence-corrected chi connectivity index (χ2v) is 9.26. The third-order valence-electron chi connectivity index (χ3n) is 4.92. The molecule has 0 bridgehead atoms. The molecule has 4 aromatic rings. The molecule has 0 radical (unpaired) electrons. The summed E-state index contributed by atoms with van der Waals surface area (Å²) in [5.41, 5.74) is 2.20. The van der Waals surface area contributed by atoms with Crippen LogP contribution < -0.4 is 5.32 Å². The van der Waals surface area contributed by atoms with E-state index in [-0.39, 0.29) is 12.1 Å². The van der Waals surface area contributed by atoms with Crippen LogP contribution in [0.2, 0.25) is 0 Å². The number of nitrogens with one attached hydrogen (secondary N) is 1. The fourth-order valence-electron chi connectivity index (χ4n) is 3.25. The van der Waals surface area contributed by atoms with E-state index in [2.05, 4.69) is 5.32 Å². The SMILES string of the molecule is Cc1c(NC(=O)COC(=O)Cc2sc(-c3ccccc3)nc2-c2cccs2)cccc1[N+](=O)[O-]. The van der Waals surface area contributed by atoms with Crippen molar-refractivity contribution < 1.29 is 19.2 Å². The van der Waals surface area contributed by atoms with Gasteiger partial charge in [0.15, 0.2) is 6.61 Å². The smallest absolute Gasteiger partial charge is 0.311 e. The van der Waals surface area contributed by atoms with Gasteiger partial charge in [-0.3, -0.25) is 19.7 Å². The summed E-state index contributed by atoms with van der Waals surface area (Å²) >= 11 is 2.94. The number of ether oxygens (including phenoxy) is 1. The minimum absolute atomic E-state index is 0.0269. The Morgan fingerprint density at radius 2 is 1.88 bits per heavy atom. The Balaban J connectivity index is 1.43. The molecule has 2 aromatic heterocycles. The highest BCUT2D eigenvalue weighted by Crippen LogP contribution is 2.36. The summed E-state index contributed by atoms with van der Waals surface area (Å²) in [5.74, 6) is -1.14. The summed E-state index contributed by atoms with van der Waals surface area (Å²) in [5, 5.41) is 16.4. The molecule has 8 nitrogen and oxygen atoms in total. The Labute approximate surface area is 203 Å². The van der Waals surface area contributed by atoms with Crippen LogP contribution in [0.1, 0.15) is 10.4 Å². The molecule has 2 heterocycles. The van der Waals surface area contributed by atoms with Crippen LogP contribution in [0, 0.1) is 17.0 Å². The summed E-state index contributed by atoms with van der Waals surface area (Å²) < 4.78 is 5.18. The standard InChI is InChI=1S/C24H19N3O5S2/c1-15-17(9-5-10-18(15)27(30)31)25-21(28)14-32-22(29)13-20-23(19-11-6-12-33-19)26-24(34-20)16-7-3-2-4-8-16/h2-12H,13-14H2,1H3,(H,25,28). The molecular weight excluding hydrogens is 474 g/mol. The molecule has 0 aliphatic rings. The molecule has 0 spiro atoms. The lowest BCUT2D eigenvalue weighted by Crippen LogP contribution is -2.22. The predicted octanol–water partition coefficient (Wildman–Crippen LogP) is 5.48. The highest BCUT2D eigenvalue weighted by molar-refractivity contribution is 7.17. The lowest BCUT2D eigenvalue weighted by atomic mass is 10.1. The largest absolute Gasteiger partial charge is 0.455 e. The molecule has 0 unspecified atom stereocenters. The van der Waals surface area contributed by atoms with E-state index in [0.29, 0.717) is 11.3 Å². The minimum Gasteiger partial charge on any atom is -0.455 e. The number of esters is 1. The topological polar surface area (TPSA) is 111 Å². The van der Waals surface area contributed by atoms with Crippen LogP contribution in [0.5, 0.6) is 0 Å². The van der Waals surface area contributed by atoms with Crippen molar-refractivity contribution >= 4 is 45.9 Å². The van der Waals surface area contributed by atoms with Crippen molar-refractivity contribution in [1.82, 2.24) is 4.98 Å². The number of benzene rings is 2. The van der Waals surface area contributed by atoms with E-state index in [0.717, 1.165) is 26.0 Å². The number of rotatable bonds is 8. The predicted molar refractivity (Wildman–Crippen MR) is 132 cm³/mol. The maximum Gasteiger partial charge on any atom is 0.311 e. The molecule has 10 heteroatoms. The fourth-order valence-corrected chi connectivity index (χ4v) is 5.13. The van der Waals surface area contributed by atoms with Gasteiger partial charge in [-0.25, -0.2) is 4.98 Å². The van der Waals surface area contributed by atoms with E-state index < -0.39 is 23.4 Å². The molecule has 0 saturated carbocycles. The zero-order chi connectivity index (χ0) is 24.1. The Kier molecular flexibility index (Phi) is 7.09. The van der Waals surface area contributed by atoms with E-state index in [1.165, 1.54) is 34.8 Å². The Bertz CT molecular complexity index is 1330. The molecule has 1 N–H and O–H groups in total. The number of carbonyl (C=O) groups is 2. The number of nitro benzene ring substituents is 1. The second-order valence-electron chi connectivity index (χ2n) is 7.23. The van der Waals surface area contributed by atoms with Gasteiger partial charge in [-0.2, -0.15) is 0 Å². The first-order chi connectivity index (χ1) is 16.4. The van der Waals surface area contributed by atoms with Crippen LogP contribution in [-0.4, -0.2) is 28.4 Å². The summed E-state index contributed by atoms with van der Waals surface area (Å²) in [6, 6.07) is 17.9. The molecule has 2 aromatic carbocycles. The minimum atomic E-state index is -0.579. The Morgan fingerprint density at radius 1 is 1.09 bits per heavy atom. The number of thiazole rings is 1. The van der Waals surface area contributed by atoms with E-state index in [4.69, 9.17) is 9.72 Å². The molecule has 0 aliphatic carbocycles. The third kappa shape index (κ3) is 5.36. The average molecular weight is 494 g/mol. The number of nitrogens with zero attached hydrogens (tertiary/aromatic N) is 2. The van der Waals surface area contributed by atoms with Crippen molar-refractivity contribution in [3.05, 3.63) is 86.6 Å². The molecule has 0 fully saturated rings. The van der Waals surface area contributed by atoms with E-state index in [1.54, 1.807) is 13.0 Å². The molecule has 0 saturated heterocycles. The number of anilines is 1. The molecule has 172 valence electrons. The van der Waals surface area contributed by atoms with Crippen molar-refractivity contribution in [2.45, 2.75) is 13.3 Å². The molecule has 34 heavy (non-hydrogen) atoms. The summed E-state index contributed by atoms with van der Waals surface area (Å²) in [4.78, 5) is 41.8. The normalized spacial score (nSPS) is 10.6. The summed E-state index contributed by atoms with van der Waals surface area (Å²) in [6.45, 7) is 1.04. The fraction of sp³-hybridized carbons (Fsp3) is 0.125. The van der Waals surface area contributed by atoms with Gasteiger partial charge in [0, 0.05) is 16.5 Å². The van der Waals surface area contributed by atoms with Crippen molar-refractivity contribution in [3.8, 4) is 21.1 Å². The maximum atomic E-state index is 12.5. The Hall–Kier alpha value is -3.89. The van der Waals surface area contributed by atoms with Gasteiger partial charge in [0.1, 0.15) is 5.01 Å². The van der Waals surface area contributed by atoms with Crippen LogP contribution in [0.4, 0.5) is 11.4 Å². The van der Waals surface area contributed by atoms with Crippen LogP contribution in [0.15, 0.2) is 66.0 Å². The van der Waals surface area contributed by atoms with Gasteiger partial charge in [0.25, 0.3) is 11.6 Å². The second kappa shape index (κ2) is 10.4. The molecule has 0 atom stereocenters. The number of hydrogen-bond acceptors (Lipinski definition) is 8. The van der Waals surface area contributed by atoms with Gasteiger partial charge in [0.05, 0.1) is 33.2 Å². The average Bonchev–Trinajstić information content (AvgIpc) is 3.49. The van der Waals surface area contributed by atoms with E-state index in [1.807, 2.05) is 47.8 Å². The highest BCUT2D eigenvalue weighted by Gasteiger charge is 2.20. The Morgan fingerprint density at radius 3 is 2.59 bits per heavy atom. The zero-order valence-corrected chi connectivity index (χ0v) is 19.7. The van der Waals surface area contributed by atoms with Gasteiger partial charge in [-0.15, -0.1) is 22.7 Å². The number of aromatic nitrogens is 1. The van der Waals surface area contributed by atoms with Crippen LogP contribution in [-0.2, 0) is 20.7 Å². The first-order valence-corrected chi connectivity index (χ1v) is 11.9. The summed E-state index contributed by atoms with van der Waals surface area (Å²) in [7, 11) is 0. The highest BCUT2D eigenvalue weighted by atomic mass is 32.1. The number of carbonyl (C=O) groups excluding carboxylic acids is 2.